The van der Waals surface area contributed by atoms with Crippen LogP contribution in [0.4, 0.5) is 15.9 Å². The van der Waals surface area contributed by atoms with Crippen LogP contribution in [0.3, 0.4) is 0 Å². The number of nitrogen functional groups attached to an aromatic ring is 1. The van der Waals surface area contributed by atoms with E-state index < -0.39 is 41.2 Å². The normalized spacial score (nSPS) is 17.5. The minimum absolute atomic E-state index is 0.120. The molecule has 382 valence electrons. The van der Waals surface area contributed by atoms with Crippen LogP contribution < -0.4 is 37.1 Å². The molecule has 2 bridgehead atoms. The number of pyridine rings is 1. The standard InChI is InChI=1S/C51H68FN11O8/c1-30(55-6)48(66)58-45(51(3,4)5)50(68)62-28-34-23-36(12-10-32(34)24-42(62)47(54)65)71-22-21-70-20-19-69-18-14-43(64)56-15-17-63-31(2)44-33-25-41(46(53)57-27-33)61-16-8-9-40(61)38-26-35(52)11-13-37(38)49(67)60(7)29-39(44)59-63/h10-13,23,25-27,30,40,42,45,55H,8-9,14-22,24,28-29H2,1-7H3,(H2,53,57)(H2,54,65)(H,56,64)(H,58,66)/t30-,40+,42-,45+/m0/s1. The van der Waals surface area contributed by atoms with Crippen molar-refractivity contribution in [1.29, 1.82) is 0 Å². The van der Waals surface area contributed by atoms with Gasteiger partial charge in [0, 0.05) is 68.1 Å². The summed E-state index contributed by atoms with van der Waals surface area (Å²) in [6.07, 6.45) is 3.68. The second kappa shape index (κ2) is 22.6. The summed E-state index contributed by atoms with van der Waals surface area (Å²) in [5.74, 6) is -1.25. The fraction of sp³-hybridized carbons (Fsp3) is 0.510. The molecular formula is C51H68FN11O8. The lowest BCUT2D eigenvalue weighted by atomic mass is 9.84. The summed E-state index contributed by atoms with van der Waals surface area (Å²) >= 11 is 0. The molecule has 2 aromatic carbocycles. The molecule has 1 fully saturated rings. The molecule has 71 heavy (non-hydrogen) atoms. The van der Waals surface area contributed by atoms with E-state index in [9.17, 15) is 28.4 Å². The lowest BCUT2D eigenvalue weighted by molar-refractivity contribution is -0.146. The fourth-order valence-electron chi connectivity index (χ4n) is 9.47. The monoisotopic (exact) mass is 982 g/mol. The number of amides is 5. The molecule has 20 heteroatoms. The van der Waals surface area contributed by atoms with Gasteiger partial charge in [-0.2, -0.15) is 5.10 Å². The minimum atomic E-state index is -0.897. The number of hydrogen-bond acceptors (Lipinski definition) is 13. The van der Waals surface area contributed by atoms with E-state index in [0.717, 1.165) is 46.5 Å². The summed E-state index contributed by atoms with van der Waals surface area (Å²) < 4.78 is 33.8. The molecule has 7 N–H and O–H groups in total. The maximum Gasteiger partial charge on any atom is 0.254 e. The summed E-state index contributed by atoms with van der Waals surface area (Å²) in [5, 5.41) is 13.6. The van der Waals surface area contributed by atoms with Gasteiger partial charge < -0.3 is 56.3 Å². The average Bonchev–Trinajstić information content (AvgIpc) is 3.94. The average molecular weight is 982 g/mol. The van der Waals surface area contributed by atoms with Gasteiger partial charge in [-0.1, -0.05) is 26.8 Å². The second-order valence-electron chi connectivity index (χ2n) is 19.5. The molecule has 0 unspecified atom stereocenters. The number of anilines is 2. The van der Waals surface area contributed by atoms with Crippen LogP contribution in [0.1, 0.15) is 91.4 Å². The number of primary amides is 1. The lowest BCUT2D eigenvalue weighted by Crippen LogP contribution is -2.61. The highest BCUT2D eigenvalue weighted by atomic mass is 19.1. The van der Waals surface area contributed by atoms with Crippen molar-refractivity contribution >= 4 is 41.0 Å². The number of carbonyl (C=O) groups is 5. The number of nitrogens with two attached hydrogens (primary N) is 2. The lowest BCUT2D eigenvalue weighted by Gasteiger charge is -2.40. The molecule has 0 aliphatic carbocycles. The van der Waals surface area contributed by atoms with Crippen molar-refractivity contribution in [1.82, 2.24) is 40.5 Å². The van der Waals surface area contributed by atoms with E-state index in [4.69, 9.17) is 30.8 Å². The molecule has 0 radical (unpaired) electrons. The quantitative estimate of drug-likeness (QED) is 0.0900. The van der Waals surface area contributed by atoms with Crippen LogP contribution in [0.15, 0.2) is 48.7 Å². The van der Waals surface area contributed by atoms with Crippen LogP contribution in [0.5, 0.6) is 5.75 Å². The zero-order valence-corrected chi connectivity index (χ0v) is 41.8. The van der Waals surface area contributed by atoms with Gasteiger partial charge in [-0.25, -0.2) is 9.37 Å². The third kappa shape index (κ3) is 12.1. The Hall–Kier alpha value is -6.64. The first kappa shape index (κ1) is 52.2. The van der Waals surface area contributed by atoms with Gasteiger partial charge in [0.15, 0.2) is 0 Å². The Morgan fingerprint density at radius 1 is 0.986 bits per heavy atom. The molecule has 7 rings (SSSR count). The van der Waals surface area contributed by atoms with Crippen LogP contribution in [-0.4, -0.2) is 132 Å². The first-order chi connectivity index (χ1) is 33.9. The van der Waals surface area contributed by atoms with Crippen molar-refractivity contribution in [2.45, 2.75) is 104 Å². The van der Waals surface area contributed by atoms with Gasteiger partial charge >= 0.3 is 0 Å². The summed E-state index contributed by atoms with van der Waals surface area (Å²) in [6.45, 7) is 12.2. The van der Waals surface area contributed by atoms with E-state index >= 15 is 0 Å². The van der Waals surface area contributed by atoms with Crippen molar-refractivity contribution in [2.75, 3.05) is 70.9 Å². The topological polar surface area (TPSA) is 242 Å². The van der Waals surface area contributed by atoms with Crippen molar-refractivity contribution in [3.05, 3.63) is 88.1 Å². The number of likely N-dealkylation sites (N-methyl/N-ethyl adjacent to an activating group) is 1. The first-order valence-corrected chi connectivity index (χ1v) is 24.2. The minimum Gasteiger partial charge on any atom is -0.491 e. The fourth-order valence-corrected chi connectivity index (χ4v) is 9.47. The van der Waals surface area contributed by atoms with Gasteiger partial charge in [-0.15, -0.1) is 0 Å². The zero-order chi connectivity index (χ0) is 51.1. The third-order valence-corrected chi connectivity index (χ3v) is 13.5. The second-order valence-corrected chi connectivity index (χ2v) is 19.5. The van der Waals surface area contributed by atoms with E-state index in [1.54, 1.807) is 44.2 Å². The summed E-state index contributed by atoms with van der Waals surface area (Å²) in [5.41, 5.74) is 18.2. The highest BCUT2D eigenvalue weighted by Crippen LogP contribution is 2.42. The van der Waals surface area contributed by atoms with Gasteiger partial charge in [0.1, 0.15) is 36.1 Å². The number of carbonyl (C=O) groups excluding carboxylic acids is 5. The zero-order valence-electron chi connectivity index (χ0n) is 41.8. The molecule has 3 aliphatic heterocycles. The molecule has 19 nitrogen and oxygen atoms in total. The van der Waals surface area contributed by atoms with Gasteiger partial charge in [0.25, 0.3) is 5.91 Å². The van der Waals surface area contributed by atoms with Gasteiger partial charge in [0.2, 0.25) is 23.6 Å². The Bertz CT molecular complexity index is 2620. The number of benzene rings is 2. The highest BCUT2D eigenvalue weighted by Gasteiger charge is 2.42. The summed E-state index contributed by atoms with van der Waals surface area (Å²) in [6, 6.07) is 9.30. The van der Waals surface area contributed by atoms with Gasteiger partial charge in [0.05, 0.1) is 63.0 Å². The maximum absolute atomic E-state index is 14.7. The summed E-state index contributed by atoms with van der Waals surface area (Å²) in [4.78, 5) is 76.0. The number of rotatable bonds is 18. The molecule has 4 atom stereocenters. The third-order valence-electron chi connectivity index (χ3n) is 13.5. The Morgan fingerprint density at radius 3 is 2.46 bits per heavy atom. The van der Waals surface area contributed by atoms with Crippen molar-refractivity contribution in [3.63, 3.8) is 0 Å². The number of halogens is 1. The van der Waals surface area contributed by atoms with Crippen LogP contribution in [0.2, 0.25) is 0 Å². The van der Waals surface area contributed by atoms with Crippen LogP contribution in [0.25, 0.3) is 11.1 Å². The Labute approximate surface area is 414 Å². The van der Waals surface area contributed by atoms with Gasteiger partial charge in [-0.3, -0.25) is 28.7 Å². The first-order valence-electron chi connectivity index (χ1n) is 24.2. The molecule has 5 heterocycles. The Kier molecular flexibility index (Phi) is 16.6. The van der Waals surface area contributed by atoms with E-state index in [0.29, 0.717) is 48.0 Å². The van der Waals surface area contributed by atoms with Crippen molar-refractivity contribution in [3.8, 4) is 16.9 Å². The largest absolute Gasteiger partial charge is 0.491 e. The number of fused-ring (bicyclic) bond motifs is 9. The highest BCUT2D eigenvalue weighted by molar-refractivity contribution is 5.96. The Balaban J connectivity index is 0.855. The van der Waals surface area contributed by atoms with Gasteiger partial charge in [-0.05, 0) is 92.2 Å². The SMILES string of the molecule is CN[C@@H](C)C(=O)N[C@H](C(=O)N1Cc2cc(OCCOCCOCCC(=O)NCCn3nc4c(c3C)-c3cnc(N)c(c3)N3CCC[C@@H]3c3cc(F)ccc3C(=O)N(C)C4)ccc2C[C@H]1C(N)=O)C(C)(C)C. The predicted molar refractivity (Wildman–Crippen MR) is 264 cm³/mol. The van der Waals surface area contributed by atoms with E-state index in [-0.39, 0.29) is 82.7 Å². The molecule has 4 aromatic rings. The van der Waals surface area contributed by atoms with Crippen molar-refractivity contribution < 1.29 is 42.6 Å². The molecular weight excluding hydrogens is 914 g/mol. The molecule has 0 spiro atoms. The molecule has 5 amide bonds. The number of ether oxygens (including phenoxy) is 3. The molecule has 2 aromatic heterocycles. The number of aromatic nitrogens is 3. The Morgan fingerprint density at radius 2 is 1.73 bits per heavy atom. The van der Waals surface area contributed by atoms with E-state index in [1.807, 2.05) is 50.6 Å². The smallest absolute Gasteiger partial charge is 0.254 e. The van der Waals surface area contributed by atoms with Crippen LogP contribution >= 0.6 is 0 Å². The van der Waals surface area contributed by atoms with Crippen LogP contribution in [0, 0.1) is 18.2 Å². The molecule has 1 saturated heterocycles. The van der Waals surface area contributed by atoms with E-state index in [1.165, 1.54) is 17.0 Å². The number of nitrogens with zero attached hydrogens (tertiary/aromatic N) is 6. The number of hydrogen-bond donors (Lipinski definition) is 5. The van der Waals surface area contributed by atoms with E-state index in [2.05, 4.69) is 25.8 Å². The molecule has 0 saturated carbocycles. The predicted octanol–water partition coefficient (Wildman–Crippen LogP) is 3.40. The van der Waals surface area contributed by atoms with Crippen molar-refractivity contribution in [2.24, 2.45) is 11.1 Å². The molecule has 3 aliphatic rings. The summed E-state index contributed by atoms with van der Waals surface area (Å²) in [7, 11) is 3.38. The maximum atomic E-state index is 14.7. The van der Waals surface area contributed by atoms with Crippen LogP contribution in [-0.2, 0) is 54.7 Å². The number of nitrogens with one attached hydrogen (secondary N) is 3.